The van der Waals surface area contributed by atoms with Crippen LogP contribution in [0.4, 0.5) is 16.2 Å². The Morgan fingerprint density at radius 2 is 1.59 bits per heavy atom. The topological polar surface area (TPSA) is 57.6 Å². The highest BCUT2D eigenvalue weighted by Gasteiger charge is 2.37. The minimum absolute atomic E-state index is 0.0641. The molecule has 0 saturated carbocycles. The molecule has 3 amide bonds. The summed E-state index contributed by atoms with van der Waals surface area (Å²) in [4.78, 5) is 30.9. The molecule has 0 fully saturated rings. The molecule has 0 bridgehead atoms. The normalized spacial score (nSPS) is 14.2. The van der Waals surface area contributed by atoms with Crippen molar-refractivity contribution in [3.63, 3.8) is 0 Å². The lowest BCUT2D eigenvalue weighted by Gasteiger charge is -2.40. The number of fused-ring (bicyclic) bond motifs is 3. The number of rotatable bonds is 5. The van der Waals surface area contributed by atoms with Gasteiger partial charge in [-0.25, -0.2) is 4.79 Å². The summed E-state index contributed by atoms with van der Waals surface area (Å²) in [5, 5.41) is 2.94. The maximum absolute atomic E-state index is 14.2. The molecule has 1 aliphatic rings. The summed E-state index contributed by atoms with van der Waals surface area (Å²) >= 11 is 3.48. The van der Waals surface area contributed by atoms with Gasteiger partial charge in [-0.05, 0) is 78.7 Å². The number of nitrogens with zero attached hydrogens (tertiary/aromatic N) is 3. The number of aromatic nitrogens is 1. The Morgan fingerprint density at radius 3 is 2.30 bits per heavy atom. The van der Waals surface area contributed by atoms with E-state index in [-0.39, 0.29) is 30.6 Å². The van der Waals surface area contributed by atoms with E-state index in [1.807, 2.05) is 79.5 Å². The van der Waals surface area contributed by atoms with Gasteiger partial charge in [0.15, 0.2) is 0 Å². The second-order valence-electron chi connectivity index (χ2n) is 9.50. The van der Waals surface area contributed by atoms with Gasteiger partial charge in [0.2, 0.25) is 5.91 Å². The predicted molar refractivity (Wildman–Crippen MR) is 151 cm³/mol. The first-order valence-corrected chi connectivity index (χ1v) is 13.1. The van der Waals surface area contributed by atoms with Gasteiger partial charge in [0.1, 0.15) is 12.6 Å². The molecule has 1 aliphatic heterocycles. The van der Waals surface area contributed by atoms with Crippen molar-refractivity contribution in [2.45, 2.75) is 32.9 Å². The van der Waals surface area contributed by atoms with Gasteiger partial charge in [-0.3, -0.25) is 9.69 Å². The quantitative estimate of drug-likeness (QED) is 0.290. The van der Waals surface area contributed by atoms with Crippen LogP contribution >= 0.6 is 15.9 Å². The average Bonchev–Trinajstić information content (AvgIpc) is 3.38. The van der Waals surface area contributed by atoms with Crippen LogP contribution in [0.2, 0.25) is 0 Å². The van der Waals surface area contributed by atoms with E-state index in [1.54, 1.807) is 4.90 Å². The number of urea groups is 1. The highest BCUT2D eigenvalue weighted by molar-refractivity contribution is 9.10. The molecule has 7 heteroatoms. The number of hydrogen-bond acceptors (Lipinski definition) is 2. The first kappa shape index (κ1) is 24.8. The fourth-order valence-electron chi connectivity index (χ4n) is 4.79. The van der Waals surface area contributed by atoms with Gasteiger partial charge >= 0.3 is 6.03 Å². The third-order valence-corrected chi connectivity index (χ3v) is 7.38. The number of benzene rings is 3. The fraction of sp³-hybridized carbons (Fsp3) is 0.200. The molecule has 2 heterocycles. The van der Waals surface area contributed by atoms with Crippen molar-refractivity contribution in [1.82, 2.24) is 9.47 Å². The second kappa shape index (κ2) is 10.3. The third-order valence-electron chi connectivity index (χ3n) is 6.69. The number of carbonyl (C=O) groups excluding carboxylic acids is 2. The van der Waals surface area contributed by atoms with Crippen LogP contribution in [0.15, 0.2) is 95.6 Å². The predicted octanol–water partition coefficient (Wildman–Crippen LogP) is 6.93. The fourth-order valence-corrected chi connectivity index (χ4v) is 5.17. The summed E-state index contributed by atoms with van der Waals surface area (Å²) in [7, 11) is 0. The smallest absolute Gasteiger partial charge is 0.316 e. The van der Waals surface area contributed by atoms with E-state index in [9.17, 15) is 9.59 Å². The average molecular weight is 557 g/mol. The van der Waals surface area contributed by atoms with Crippen LogP contribution in [0.25, 0.3) is 5.69 Å². The lowest BCUT2D eigenvalue weighted by molar-refractivity contribution is -0.119. The summed E-state index contributed by atoms with van der Waals surface area (Å²) in [5.74, 6) is -0.151. The highest BCUT2D eigenvalue weighted by Crippen LogP contribution is 2.42. The number of halogens is 1. The molecular formula is C30H29BrN4O2. The Hall–Kier alpha value is -3.84. The van der Waals surface area contributed by atoms with E-state index in [0.717, 1.165) is 32.7 Å². The van der Waals surface area contributed by atoms with Gasteiger partial charge < -0.3 is 14.8 Å². The Kier molecular flexibility index (Phi) is 6.89. The Bertz CT molecular complexity index is 1440. The van der Waals surface area contributed by atoms with Gasteiger partial charge in [0.25, 0.3) is 0 Å². The van der Waals surface area contributed by atoms with E-state index in [0.29, 0.717) is 5.69 Å². The van der Waals surface area contributed by atoms with Crippen molar-refractivity contribution < 1.29 is 9.59 Å². The Morgan fingerprint density at radius 1 is 0.919 bits per heavy atom. The monoisotopic (exact) mass is 556 g/mol. The number of amides is 3. The van der Waals surface area contributed by atoms with Gasteiger partial charge in [0, 0.05) is 16.7 Å². The van der Waals surface area contributed by atoms with Crippen molar-refractivity contribution in [1.29, 1.82) is 0 Å². The molecule has 188 valence electrons. The summed E-state index contributed by atoms with van der Waals surface area (Å²) in [6, 6.07) is 26.9. The number of hydrogen-bond donors (Lipinski definition) is 1. The number of para-hydroxylation sites is 3. The summed E-state index contributed by atoms with van der Waals surface area (Å²) in [6.45, 7) is 5.82. The van der Waals surface area contributed by atoms with E-state index < -0.39 is 0 Å². The van der Waals surface area contributed by atoms with E-state index in [4.69, 9.17) is 0 Å². The molecule has 1 unspecified atom stereocenters. The van der Waals surface area contributed by atoms with Gasteiger partial charge in [-0.1, -0.05) is 54.1 Å². The third kappa shape index (κ3) is 4.79. The van der Waals surface area contributed by atoms with E-state index >= 15 is 0 Å². The van der Waals surface area contributed by atoms with Gasteiger partial charge in [0.05, 0.1) is 22.8 Å². The number of anilines is 2. The molecule has 0 saturated heterocycles. The molecule has 0 aliphatic carbocycles. The lowest BCUT2D eigenvalue weighted by atomic mass is 9.97. The first-order chi connectivity index (χ1) is 17.8. The van der Waals surface area contributed by atoms with Crippen molar-refractivity contribution in [3.05, 3.63) is 112 Å². The molecule has 4 aromatic rings. The zero-order valence-corrected chi connectivity index (χ0v) is 22.6. The molecule has 6 nitrogen and oxygen atoms in total. The molecule has 3 aromatic carbocycles. The molecule has 1 aromatic heterocycles. The Balaban J connectivity index is 1.52. The zero-order valence-electron chi connectivity index (χ0n) is 21.1. The highest BCUT2D eigenvalue weighted by atomic mass is 79.9. The van der Waals surface area contributed by atoms with Crippen molar-refractivity contribution in [2.75, 3.05) is 16.8 Å². The molecule has 0 spiro atoms. The van der Waals surface area contributed by atoms with Crippen LogP contribution in [0.3, 0.4) is 0 Å². The minimum Gasteiger partial charge on any atom is -0.316 e. The summed E-state index contributed by atoms with van der Waals surface area (Å²) in [5.41, 5.74) is 5.59. The van der Waals surface area contributed by atoms with Crippen LogP contribution in [0, 0.1) is 6.92 Å². The van der Waals surface area contributed by atoms with Crippen molar-refractivity contribution in [3.8, 4) is 5.69 Å². The summed E-state index contributed by atoms with van der Waals surface area (Å²) < 4.78 is 2.92. The van der Waals surface area contributed by atoms with Crippen molar-refractivity contribution >= 4 is 39.2 Å². The number of carbonyl (C=O) groups is 2. The molecule has 1 atom stereocenters. The second-order valence-corrected chi connectivity index (χ2v) is 10.4. The maximum Gasteiger partial charge on any atom is 0.322 e. The van der Waals surface area contributed by atoms with Gasteiger partial charge in [-0.2, -0.15) is 0 Å². The molecule has 37 heavy (non-hydrogen) atoms. The SMILES string of the molecule is Cc1ccc(C2c3cccn3-c3ccccc3N2C(=O)CN(C(=O)Nc2ccccc2Br)C(C)C)cc1. The molecule has 5 rings (SSSR count). The minimum atomic E-state index is -0.323. The molecule has 1 N–H and O–H groups in total. The lowest BCUT2D eigenvalue weighted by Crippen LogP contribution is -2.49. The molecular weight excluding hydrogens is 528 g/mol. The van der Waals surface area contributed by atoms with Crippen LogP contribution in [0.1, 0.15) is 36.7 Å². The van der Waals surface area contributed by atoms with Crippen LogP contribution in [0.5, 0.6) is 0 Å². The zero-order chi connectivity index (χ0) is 26.1. The largest absolute Gasteiger partial charge is 0.322 e. The molecule has 0 radical (unpaired) electrons. The first-order valence-electron chi connectivity index (χ1n) is 12.3. The summed E-state index contributed by atoms with van der Waals surface area (Å²) in [6.07, 6.45) is 2.03. The van der Waals surface area contributed by atoms with Crippen LogP contribution in [-0.2, 0) is 4.79 Å². The van der Waals surface area contributed by atoms with E-state index in [2.05, 4.69) is 63.1 Å². The van der Waals surface area contributed by atoms with Gasteiger partial charge in [-0.15, -0.1) is 0 Å². The Labute approximate surface area is 225 Å². The van der Waals surface area contributed by atoms with E-state index in [1.165, 1.54) is 0 Å². The van der Waals surface area contributed by atoms with Crippen LogP contribution < -0.4 is 10.2 Å². The standard InChI is InChI=1S/C30H29BrN4O2/c1-20(2)34(30(37)32-24-10-5-4-9-23(24)31)19-28(36)35-26-12-7-6-11-25(26)33-18-8-13-27(33)29(35)22-16-14-21(3)15-17-22/h4-18,20,29H,19H2,1-3H3,(H,32,37). The number of aryl methyl sites for hydroxylation is 1. The van der Waals surface area contributed by atoms with Crippen molar-refractivity contribution in [2.24, 2.45) is 0 Å². The van der Waals surface area contributed by atoms with Crippen LogP contribution in [-0.4, -0.2) is 34.0 Å². The number of nitrogens with one attached hydrogen (secondary N) is 1. The maximum atomic E-state index is 14.2.